The van der Waals surface area contributed by atoms with E-state index in [-0.39, 0.29) is 0 Å². The Kier molecular flexibility index (Phi) is 9.37. The minimum absolute atomic E-state index is 0.533. The third-order valence-electron chi connectivity index (χ3n) is 15.6. The molecule has 0 bridgehead atoms. The monoisotopic (exact) mass is 952 g/mol. The van der Waals surface area contributed by atoms with E-state index in [0.29, 0.717) is 5.56 Å². The van der Waals surface area contributed by atoms with Gasteiger partial charge in [-0.1, -0.05) is 99.1 Å². The molecule has 6 heteroatoms. The summed E-state index contributed by atoms with van der Waals surface area (Å²) in [5.74, 6) is 0. The van der Waals surface area contributed by atoms with Crippen molar-refractivity contribution < 1.29 is 0 Å². The topological polar surface area (TPSA) is 56.4 Å². The zero-order valence-corrected chi connectivity index (χ0v) is 42.8. The van der Waals surface area contributed by atoms with E-state index in [0.717, 1.165) is 121 Å². The Morgan fingerprint density at radius 3 is 0.851 bits per heavy atom. The predicted octanol–water partition coefficient (Wildman–Crippen LogP) is 17.5. The van der Waals surface area contributed by atoms with Crippen molar-refractivity contribution in [2.75, 3.05) is 0 Å². The summed E-state index contributed by atoms with van der Waals surface area (Å²) in [6, 6.07) is 63.7. The fourth-order valence-corrected chi connectivity index (χ4v) is 12.4. The summed E-state index contributed by atoms with van der Waals surface area (Å²) >= 11 is 0. The van der Waals surface area contributed by atoms with Gasteiger partial charge in [0.15, 0.2) is 0 Å². The van der Waals surface area contributed by atoms with E-state index in [4.69, 9.17) is 4.98 Å². The summed E-state index contributed by atoms with van der Waals surface area (Å²) in [5, 5.41) is 21.9. The van der Waals surface area contributed by atoms with E-state index in [9.17, 15) is 5.26 Å². The van der Waals surface area contributed by atoms with E-state index < -0.39 is 0 Å². The summed E-state index contributed by atoms with van der Waals surface area (Å²) in [4.78, 5) is 5.37. The van der Waals surface area contributed by atoms with Crippen LogP contribution in [0.2, 0.25) is 0 Å². The van der Waals surface area contributed by atoms with Gasteiger partial charge in [0.1, 0.15) is 11.6 Å². The van der Waals surface area contributed by atoms with Crippen LogP contribution in [0.25, 0.3) is 121 Å². The molecule has 0 aliphatic carbocycles. The Morgan fingerprint density at radius 2 is 0.581 bits per heavy atom. The molecule has 74 heavy (non-hydrogen) atoms. The molecule has 0 N–H and O–H groups in total. The average molecular weight is 953 g/mol. The van der Waals surface area contributed by atoms with Crippen LogP contribution >= 0.6 is 0 Å². The molecule has 5 aromatic heterocycles. The average Bonchev–Trinajstić information content (AvgIpc) is 4.12. The van der Waals surface area contributed by atoms with Crippen molar-refractivity contribution in [3.05, 3.63) is 220 Å². The number of nitriles is 1. The number of pyridine rings is 1. The lowest BCUT2D eigenvalue weighted by atomic mass is 9.95. The molecule has 14 rings (SSSR count). The highest BCUT2D eigenvalue weighted by Gasteiger charge is 2.35. The van der Waals surface area contributed by atoms with Crippen molar-refractivity contribution >= 4 is 87.2 Å². The van der Waals surface area contributed by atoms with Crippen LogP contribution in [-0.4, -0.2) is 23.3 Å². The molecule has 0 spiro atoms. The smallest absolute Gasteiger partial charge is 0.104 e. The maximum Gasteiger partial charge on any atom is 0.104 e. The molecule has 0 saturated heterocycles. The van der Waals surface area contributed by atoms with Gasteiger partial charge >= 0.3 is 0 Å². The Bertz CT molecular complexity index is 4570. The minimum atomic E-state index is 0.533. The fraction of sp³-hybridized carbons (Fsp3) is 0.118. The van der Waals surface area contributed by atoms with E-state index in [2.05, 4.69) is 237 Å². The molecule has 14 aromatic rings. The quantitative estimate of drug-likeness (QED) is 0.173. The molecule has 0 aliphatic heterocycles. The Labute approximate surface area is 429 Å². The van der Waals surface area contributed by atoms with Crippen LogP contribution in [0.15, 0.2) is 170 Å². The molecule has 0 fully saturated rings. The Morgan fingerprint density at radius 1 is 0.311 bits per heavy atom. The Hall–Kier alpha value is -9.18. The lowest BCUT2D eigenvalue weighted by Crippen LogP contribution is -2.16. The number of hydrogen-bond acceptors (Lipinski definition) is 2. The van der Waals surface area contributed by atoms with Gasteiger partial charge in [-0.05, 0) is 165 Å². The molecule has 9 aromatic carbocycles. The number of hydrogen-bond donors (Lipinski definition) is 0. The van der Waals surface area contributed by atoms with Crippen LogP contribution in [-0.2, 0) is 0 Å². The van der Waals surface area contributed by atoms with Crippen molar-refractivity contribution in [2.45, 2.75) is 55.4 Å². The van der Waals surface area contributed by atoms with E-state index in [1.807, 2.05) is 12.3 Å². The van der Waals surface area contributed by atoms with Crippen LogP contribution < -0.4 is 0 Å². The van der Waals surface area contributed by atoms with Crippen LogP contribution in [0.5, 0.6) is 0 Å². The molecule has 5 heterocycles. The second kappa shape index (κ2) is 15.9. The third kappa shape index (κ3) is 6.20. The number of aromatic nitrogens is 5. The van der Waals surface area contributed by atoms with Gasteiger partial charge in [-0.2, -0.15) is 5.26 Å². The summed E-state index contributed by atoms with van der Waals surface area (Å²) in [6.45, 7) is 17.4. The highest BCUT2D eigenvalue weighted by Crippen LogP contribution is 2.52. The van der Waals surface area contributed by atoms with Gasteiger partial charge in [-0.3, -0.25) is 4.98 Å². The zero-order valence-electron chi connectivity index (χ0n) is 42.8. The van der Waals surface area contributed by atoms with Crippen LogP contribution in [0.3, 0.4) is 0 Å². The summed E-state index contributed by atoms with van der Waals surface area (Å²) in [7, 11) is 0. The largest absolute Gasteiger partial charge is 0.307 e. The predicted molar refractivity (Wildman–Crippen MR) is 310 cm³/mol. The van der Waals surface area contributed by atoms with Gasteiger partial charge < -0.3 is 18.3 Å². The van der Waals surface area contributed by atoms with Gasteiger partial charge in [0.2, 0.25) is 0 Å². The van der Waals surface area contributed by atoms with Crippen LogP contribution in [0.4, 0.5) is 0 Å². The van der Waals surface area contributed by atoms with Gasteiger partial charge in [-0.15, -0.1) is 0 Å². The number of fused-ring (bicyclic) bond motifs is 12. The SMILES string of the molecule is Cc1ccc2c(c1)c1cc(C)ccc1n2-c1c(C#N)c(-n2c3ccc(C)cc3c3cc(C)ccc32)c(-n2c3ccc(C)cc3c3cc(C)ccc32)c(-n2c3ccc(C)cc3c3cc(C)ccc32)c1-c1ccccn1. The first kappa shape index (κ1) is 43.6. The maximum atomic E-state index is 12.8. The van der Waals surface area contributed by atoms with E-state index in [1.165, 1.54) is 44.5 Å². The Balaban J connectivity index is 1.37. The maximum absolute atomic E-state index is 12.8. The summed E-state index contributed by atoms with van der Waals surface area (Å²) < 4.78 is 9.77. The molecule has 0 saturated carbocycles. The van der Waals surface area contributed by atoms with Crippen molar-refractivity contribution in [1.82, 2.24) is 23.3 Å². The number of nitrogens with zero attached hydrogens (tertiary/aromatic N) is 6. The standard InChI is InChI=1S/C68H52N6/c1-38-12-20-56-46(29-38)47-30-39(2)13-21-57(47)71(56)65-54(37-69)66(72-58-22-14-40(3)31-48(58)49-32-41(4)15-23-59(49)72)68(74-62-26-18-44(7)35-52(62)53-36-45(8)19-27-63(53)74)67(64(65)55-11-9-10-28-70-55)73-60-24-16-42(5)33-50(60)51-34-43(6)17-25-61(51)73/h9-36H,1-8H3. The van der Waals surface area contributed by atoms with E-state index >= 15 is 0 Å². The minimum Gasteiger partial charge on any atom is -0.307 e. The number of rotatable bonds is 5. The van der Waals surface area contributed by atoms with Crippen LogP contribution in [0.1, 0.15) is 50.1 Å². The molecule has 354 valence electrons. The van der Waals surface area contributed by atoms with Crippen LogP contribution in [0, 0.1) is 66.7 Å². The number of aryl methyl sites for hydroxylation is 8. The molecule has 6 nitrogen and oxygen atoms in total. The lowest BCUT2D eigenvalue weighted by Gasteiger charge is -2.29. The molecular formula is C68H52N6. The van der Waals surface area contributed by atoms with Crippen molar-refractivity contribution in [2.24, 2.45) is 0 Å². The summed E-state index contributed by atoms with van der Waals surface area (Å²) in [5.41, 5.74) is 23.2. The highest BCUT2D eigenvalue weighted by atomic mass is 15.1. The molecule has 0 radical (unpaired) electrons. The van der Waals surface area contributed by atoms with Gasteiger partial charge in [0, 0.05) is 49.3 Å². The number of benzene rings is 9. The molecule has 0 unspecified atom stereocenters. The second-order valence-corrected chi connectivity index (χ2v) is 21.0. The first-order valence-corrected chi connectivity index (χ1v) is 25.6. The van der Waals surface area contributed by atoms with Crippen molar-refractivity contribution in [3.63, 3.8) is 0 Å². The highest BCUT2D eigenvalue weighted by molar-refractivity contribution is 6.17. The van der Waals surface area contributed by atoms with Crippen molar-refractivity contribution in [1.29, 1.82) is 5.26 Å². The molecule has 0 amide bonds. The zero-order chi connectivity index (χ0) is 50.4. The summed E-state index contributed by atoms with van der Waals surface area (Å²) in [6.07, 6.45) is 1.89. The van der Waals surface area contributed by atoms with E-state index in [1.54, 1.807) is 0 Å². The normalized spacial score (nSPS) is 12.0. The van der Waals surface area contributed by atoms with Gasteiger partial charge in [-0.25, -0.2) is 0 Å². The molecule has 0 atom stereocenters. The fourth-order valence-electron chi connectivity index (χ4n) is 12.4. The molecular weight excluding hydrogens is 901 g/mol. The lowest BCUT2D eigenvalue weighted by molar-refractivity contribution is 1.03. The first-order valence-electron chi connectivity index (χ1n) is 25.6. The third-order valence-corrected chi connectivity index (χ3v) is 15.6. The second-order valence-electron chi connectivity index (χ2n) is 21.0. The first-order chi connectivity index (χ1) is 35.9. The van der Waals surface area contributed by atoms with Crippen molar-refractivity contribution in [3.8, 4) is 40.1 Å². The molecule has 0 aliphatic rings. The van der Waals surface area contributed by atoms with Gasteiger partial charge in [0.05, 0.1) is 78.1 Å². The van der Waals surface area contributed by atoms with Gasteiger partial charge in [0.25, 0.3) is 0 Å².